The van der Waals surface area contributed by atoms with Crippen molar-refractivity contribution in [1.82, 2.24) is 0 Å². The number of halogens is 2. The van der Waals surface area contributed by atoms with Crippen molar-refractivity contribution in [1.29, 1.82) is 0 Å². The Kier molecular flexibility index (Phi) is 6.44. The predicted octanol–water partition coefficient (Wildman–Crippen LogP) is 4.38. The molecule has 0 aromatic heterocycles. The summed E-state index contributed by atoms with van der Waals surface area (Å²) in [5.41, 5.74) is 1.78. The number of hydrogen-bond acceptors (Lipinski definition) is 5. The summed E-state index contributed by atoms with van der Waals surface area (Å²) in [6.07, 6.45) is -2.01. The van der Waals surface area contributed by atoms with Crippen LogP contribution in [-0.2, 0) is 19.1 Å². The maximum absolute atomic E-state index is 12.7. The van der Waals surface area contributed by atoms with Gasteiger partial charge in [0.25, 0.3) is 5.91 Å². The zero-order valence-corrected chi connectivity index (χ0v) is 16.8. The standard InChI is InChI=1S/C20H19Cl2NO5/c1-3-27-17(24)10-16-20(25)23-15-8-7-11(21)9-13(15)18(28-16)12-5-4-6-14(22)19(12)26-2/h4-9,16,18H,3,10H2,1-2H3,(H,23,25). The molecule has 2 aromatic rings. The largest absolute Gasteiger partial charge is 0.495 e. The molecule has 3 rings (SSSR count). The van der Waals surface area contributed by atoms with E-state index in [1.807, 2.05) is 0 Å². The second-order valence-corrected chi connectivity index (χ2v) is 6.94. The molecule has 2 aromatic carbocycles. The fraction of sp³-hybridized carbons (Fsp3) is 0.300. The number of para-hydroxylation sites is 1. The van der Waals surface area contributed by atoms with Crippen LogP contribution in [0.2, 0.25) is 10.0 Å². The first-order valence-corrected chi connectivity index (χ1v) is 9.44. The van der Waals surface area contributed by atoms with E-state index < -0.39 is 24.1 Å². The Morgan fingerprint density at radius 3 is 2.71 bits per heavy atom. The summed E-state index contributed by atoms with van der Waals surface area (Å²) in [4.78, 5) is 24.6. The van der Waals surface area contributed by atoms with E-state index in [2.05, 4.69) is 5.32 Å². The van der Waals surface area contributed by atoms with Gasteiger partial charge in [-0.3, -0.25) is 9.59 Å². The maximum Gasteiger partial charge on any atom is 0.308 e. The summed E-state index contributed by atoms with van der Waals surface area (Å²) in [6.45, 7) is 1.91. The summed E-state index contributed by atoms with van der Waals surface area (Å²) in [5, 5.41) is 3.67. The summed E-state index contributed by atoms with van der Waals surface area (Å²) in [5.74, 6) is -0.548. The monoisotopic (exact) mass is 423 g/mol. The number of amides is 1. The Morgan fingerprint density at radius 2 is 2.00 bits per heavy atom. The normalized spacial score (nSPS) is 18.6. The molecule has 1 amide bonds. The smallest absolute Gasteiger partial charge is 0.308 e. The molecule has 0 radical (unpaired) electrons. The third-order valence-electron chi connectivity index (χ3n) is 4.29. The van der Waals surface area contributed by atoms with E-state index >= 15 is 0 Å². The third kappa shape index (κ3) is 4.24. The van der Waals surface area contributed by atoms with Crippen LogP contribution in [0, 0.1) is 0 Å². The number of fused-ring (bicyclic) bond motifs is 1. The molecule has 1 heterocycles. The molecule has 2 atom stereocenters. The lowest BCUT2D eigenvalue weighted by molar-refractivity contribution is -0.150. The first kappa shape index (κ1) is 20.5. The van der Waals surface area contributed by atoms with Crippen LogP contribution in [0.1, 0.15) is 30.6 Å². The minimum atomic E-state index is -1.06. The van der Waals surface area contributed by atoms with Crippen molar-refractivity contribution < 1.29 is 23.8 Å². The van der Waals surface area contributed by atoms with Crippen molar-refractivity contribution >= 4 is 40.8 Å². The molecule has 1 N–H and O–H groups in total. The van der Waals surface area contributed by atoms with Gasteiger partial charge in [0, 0.05) is 21.8 Å². The molecule has 6 nitrogen and oxygen atoms in total. The average Bonchev–Trinajstić information content (AvgIpc) is 2.78. The van der Waals surface area contributed by atoms with E-state index in [9.17, 15) is 9.59 Å². The van der Waals surface area contributed by atoms with Crippen LogP contribution in [0.15, 0.2) is 36.4 Å². The Balaban J connectivity index is 2.09. The van der Waals surface area contributed by atoms with E-state index in [0.29, 0.717) is 32.6 Å². The molecule has 28 heavy (non-hydrogen) atoms. The molecule has 0 fully saturated rings. The van der Waals surface area contributed by atoms with E-state index in [-0.39, 0.29) is 13.0 Å². The number of carbonyl (C=O) groups excluding carboxylic acids is 2. The topological polar surface area (TPSA) is 73.9 Å². The van der Waals surface area contributed by atoms with Crippen molar-refractivity contribution in [2.75, 3.05) is 19.0 Å². The Hall–Kier alpha value is -2.28. The lowest BCUT2D eigenvalue weighted by atomic mass is 9.98. The number of ether oxygens (including phenoxy) is 3. The van der Waals surface area contributed by atoms with Gasteiger partial charge in [-0.1, -0.05) is 35.3 Å². The summed E-state index contributed by atoms with van der Waals surface area (Å²) in [6, 6.07) is 10.3. The first-order chi connectivity index (χ1) is 13.4. The maximum atomic E-state index is 12.7. The van der Waals surface area contributed by atoms with Gasteiger partial charge in [0.2, 0.25) is 0 Å². The highest BCUT2D eigenvalue weighted by Gasteiger charge is 2.35. The zero-order valence-electron chi connectivity index (χ0n) is 15.3. The van der Waals surface area contributed by atoms with E-state index in [1.54, 1.807) is 43.3 Å². The Labute approximate surface area is 172 Å². The quantitative estimate of drug-likeness (QED) is 0.722. The van der Waals surface area contributed by atoms with Crippen molar-refractivity contribution in [2.45, 2.75) is 25.6 Å². The SMILES string of the molecule is CCOC(=O)CC1OC(c2cccc(Cl)c2OC)c2cc(Cl)ccc2NC1=O. The van der Waals surface area contributed by atoms with Crippen molar-refractivity contribution in [3.05, 3.63) is 57.6 Å². The van der Waals surface area contributed by atoms with Gasteiger partial charge in [-0.2, -0.15) is 0 Å². The van der Waals surface area contributed by atoms with Crippen LogP contribution >= 0.6 is 23.2 Å². The molecule has 8 heteroatoms. The van der Waals surface area contributed by atoms with Crippen LogP contribution in [0.25, 0.3) is 0 Å². The molecule has 0 bridgehead atoms. The molecule has 0 saturated carbocycles. The highest BCUT2D eigenvalue weighted by molar-refractivity contribution is 6.32. The summed E-state index contributed by atoms with van der Waals surface area (Å²) < 4.78 is 16.5. The third-order valence-corrected chi connectivity index (χ3v) is 4.82. The molecular formula is C20H19Cl2NO5. The number of nitrogens with one attached hydrogen (secondary N) is 1. The van der Waals surface area contributed by atoms with Crippen LogP contribution in [-0.4, -0.2) is 31.7 Å². The molecule has 0 spiro atoms. The average molecular weight is 424 g/mol. The highest BCUT2D eigenvalue weighted by Crippen LogP contribution is 2.42. The molecule has 0 saturated heterocycles. The van der Waals surface area contributed by atoms with Gasteiger partial charge >= 0.3 is 5.97 Å². The molecule has 148 valence electrons. The van der Waals surface area contributed by atoms with Gasteiger partial charge < -0.3 is 19.5 Å². The van der Waals surface area contributed by atoms with E-state index in [1.165, 1.54) is 7.11 Å². The van der Waals surface area contributed by atoms with Gasteiger partial charge in [-0.25, -0.2) is 0 Å². The molecule has 0 aliphatic carbocycles. The number of carbonyl (C=O) groups is 2. The number of rotatable bonds is 5. The highest BCUT2D eigenvalue weighted by atomic mass is 35.5. The molecule has 1 aliphatic rings. The second-order valence-electron chi connectivity index (χ2n) is 6.10. The fourth-order valence-corrected chi connectivity index (χ4v) is 3.52. The molecule has 2 unspecified atom stereocenters. The van der Waals surface area contributed by atoms with Gasteiger partial charge in [0.15, 0.2) is 0 Å². The second kappa shape index (κ2) is 8.82. The van der Waals surface area contributed by atoms with Crippen LogP contribution in [0.5, 0.6) is 5.75 Å². The first-order valence-electron chi connectivity index (χ1n) is 8.68. The van der Waals surface area contributed by atoms with Crippen molar-refractivity contribution in [3.8, 4) is 5.75 Å². The minimum absolute atomic E-state index is 0.217. The van der Waals surface area contributed by atoms with Crippen LogP contribution in [0.3, 0.4) is 0 Å². The summed E-state index contributed by atoms with van der Waals surface area (Å²) in [7, 11) is 1.50. The summed E-state index contributed by atoms with van der Waals surface area (Å²) >= 11 is 12.5. The number of benzene rings is 2. The van der Waals surface area contributed by atoms with Crippen molar-refractivity contribution in [2.24, 2.45) is 0 Å². The number of esters is 1. The van der Waals surface area contributed by atoms with Gasteiger partial charge in [-0.15, -0.1) is 0 Å². The van der Waals surface area contributed by atoms with Gasteiger partial charge in [0.05, 0.1) is 25.2 Å². The fourth-order valence-electron chi connectivity index (χ4n) is 3.08. The van der Waals surface area contributed by atoms with Crippen LogP contribution < -0.4 is 10.1 Å². The van der Waals surface area contributed by atoms with Gasteiger partial charge in [-0.05, 0) is 31.2 Å². The number of hydrogen-bond donors (Lipinski definition) is 1. The molecular weight excluding hydrogens is 405 g/mol. The Bertz CT molecular complexity index is 902. The van der Waals surface area contributed by atoms with Crippen molar-refractivity contribution in [3.63, 3.8) is 0 Å². The van der Waals surface area contributed by atoms with Gasteiger partial charge in [0.1, 0.15) is 18.0 Å². The predicted molar refractivity (Wildman–Crippen MR) is 106 cm³/mol. The lowest BCUT2D eigenvalue weighted by Gasteiger charge is -2.23. The molecule has 1 aliphatic heterocycles. The Morgan fingerprint density at radius 1 is 1.21 bits per heavy atom. The van der Waals surface area contributed by atoms with E-state index in [0.717, 1.165) is 0 Å². The zero-order chi connectivity index (χ0) is 20.3. The lowest BCUT2D eigenvalue weighted by Crippen LogP contribution is -2.32. The van der Waals surface area contributed by atoms with Crippen LogP contribution in [0.4, 0.5) is 5.69 Å². The number of anilines is 1. The van der Waals surface area contributed by atoms with E-state index in [4.69, 9.17) is 37.4 Å². The number of methoxy groups -OCH3 is 1. The minimum Gasteiger partial charge on any atom is -0.495 e.